The van der Waals surface area contributed by atoms with Gasteiger partial charge in [-0.05, 0) is 0 Å². The summed E-state index contributed by atoms with van der Waals surface area (Å²) in [5.41, 5.74) is 0. The fraction of sp³-hybridized carbons (Fsp3) is 1.00. The number of fused-ring (bicyclic) bond motifs is 10. The van der Waals surface area contributed by atoms with Gasteiger partial charge in [-0.3, -0.25) is 0 Å². The molecule has 0 aliphatic carbocycles. The van der Waals surface area contributed by atoms with E-state index < -0.39 is 6.51 Å². The van der Waals surface area contributed by atoms with E-state index in [-0.39, 0.29) is 0 Å². The Morgan fingerprint density at radius 1 is 0.733 bits per heavy atom. The fourth-order valence-corrected chi connectivity index (χ4v) is 107. The molecular formula is C14H18Fe. The predicted molar refractivity (Wildman–Crippen MR) is 56.0 cm³/mol. The van der Waals surface area contributed by atoms with Gasteiger partial charge in [0.2, 0.25) is 0 Å². The molecule has 0 radical (unpaired) electrons. The zero-order valence-electron chi connectivity index (χ0n) is 9.82. The van der Waals surface area contributed by atoms with Gasteiger partial charge >= 0.3 is 80.4 Å². The summed E-state index contributed by atoms with van der Waals surface area (Å²) in [5.74, 6) is 0. The van der Waals surface area contributed by atoms with Gasteiger partial charge in [0.05, 0.1) is 0 Å². The molecule has 10 saturated heterocycles. The van der Waals surface area contributed by atoms with Gasteiger partial charge in [-0.1, -0.05) is 0 Å². The topological polar surface area (TPSA) is 0 Å². The molecule has 10 heterocycles. The molecule has 0 bridgehead atoms. The van der Waals surface area contributed by atoms with Crippen LogP contribution in [0.5, 0.6) is 0 Å². The summed E-state index contributed by atoms with van der Waals surface area (Å²) in [6, 6.07) is 0. The van der Waals surface area contributed by atoms with Gasteiger partial charge < -0.3 is 0 Å². The Morgan fingerprint density at radius 3 is 1.20 bits per heavy atom. The van der Waals surface area contributed by atoms with Crippen LogP contribution in [0.4, 0.5) is 0 Å². The van der Waals surface area contributed by atoms with Crippen molar-refractivity contribution in [1.29, 1.82) is 0 Å². The minimum atomic E-state index is -2.96. The maximum absolute atomic E-state index is 2.96. The van der Waals surface area contributed by atoms with Crippen molar-refractivity contribution in [3.05, 3.63) is 0 Å². The summed E-state index contributed by atoms with van der Waals surface area (Å²) >= 11 is 0. The van der Waals surface area contributed by atoms with Crippen molar-refractivity contribution < 1.29 is 6.51 Å². The number of hydrogen-bond donors (Lipinski definition) is 0. The van der Waals surface area contributed by atoms with Crippen LogP contribution in [-0.4, -0.2) is 0 Å². The van der Waals surface area contributed by atoms with Crippen molar-refractivity contribution in [3.8, 4) is 0 Å². The Morgan fingerprint density at radius 2 is 1.20 bits per heavy atom. The zero-order chi connectivity index (χ0) is 9.78. The second-order valence-electron chi connectivity index (χ2n) is 11.4. The Bertz CT molecular complexity index is 991. The Balaban J connectivity index is 2.05. The van der Waals surface area contributed by atoms with Gasteiger partial charge in [0.15, 0.2) is 0 Å². The second kappa shape index (κ2) is 0.346. The first kappa shape index (κ1) is 5.44. The van der Waals surface area contributed by atoms with E-state index in [0.717, 1.165) is 17.3 Å². The van der Waals surface area contributed by atoms with E-state index in [2.05, 4.69) is 27.7 Å². The molecule has 1 heteroatoms. The van der Waals surface area contributed by atoms with E-state index in [1.165, 1.54) is 28.9 Å². The molecule has 10 fully saturated rings. The van der Waals surface area contributed by atoms with Crippen LogP contribution in [0.25, 0.3) is 0 Å². The summed E-state index contributed by atoms with van der Waals surface area (Å²) in [6.07, 6.45) is 0. The van der Waals surface area contributed by atoms with Crippen LogP contribution in [0.2, 0.25) is 46.2 Å². The minimum absolute atomic E-state index is 1.06. The fourth-order valence-electron chi connectivity index (χ4n) is 21.8. The maximum atomic E-state index is 2.84. The van der Waals surface area contributed by atoms with Crippen LogP contribution in [0.15, 0.2) is 0 Å². The molecular weight excluding hydrogens is 224 g/mol. The van der Waals surface area contributed by atoms with E-state index in [4.69, 9.17) is 0 Å². The first-order valence-electron chi connectivity index (χ1n) is 6.91. The zero-order valence-corrected chi connectivity index (χ0v) is 10.9. The van der Waals surface area contributed by atoms with E-state index in [9.17, 15) is 0 Å². The molecule has 0 amide bonds. The molecule has 10 rings (SSSR count). The third-order valence-corrected chi connectivity index (χ3v) is 67.2. The van der Waals surface area contributed by atoms with Crippen molar-refractivity contribution >= 4 is 0 Å². The quantitative estimate of drug-likeness (QED) is 0.528. The average Bonchev–Trinajstić information content (AvgIpc) is 3.10. The van der Waals surface area contributed by atoms with E-state index in [0.29, 0.717) is 0 Å². The molecule has 10 aliphatic heterocycles. The van der Waals surface area contributed by atoms with Gasteiger partial charge in [0, 0.05) is 0 Å². The van der Waals surface area contributed by atoms with Crippen molar-refractivity contribution in [3.63, 3.8) is 0 Å². The molecule has 0 N–H and O–H groups in total. The third kappa shape index (κ3) is 0.0354. The van der Waals surface area contributed by atoms with E-state index in [1.54, 1.807) is 0 Å². The molecule has 0 saturated carbocycles. The Labute approximate surface area is 80.5 Å². The second-order valence-corrected chi connectivity index (χ2v) is 35.0. The normalized spacial score (nSPS) is 149. The summed E-state index contributed by atoms with van der Waals surface area (Å²) < 4.78 is 4.27. The van der Waals surface area contributed by atoms with Crippen molar-refractivity contribution in [2.24, 2.45) is 0 Å². The molecule has 15 heavy (non-hydrogen) atoms. The molecule has 8 unspecified atom stereocenters. The summed E-state index contributed by atoms with van der Waals surface area (Å²) in [6.45, 7) is 8.38. The van der Waals surface area contributed by atoms with Crippen LogP contribution < -0.4 is 0 Å². The number of hydrogen-bond acceptors (Lipinski definition) is 0. The van der Waals surface area contributed by atoms with Crippen molar-refractivity contribution in [2.45, 2.75) is 73.8 Å². The van der Waals surface area contributed by atoms with E-state index in [1.807, 2.05) is 0 Å². The molecule has 0 aromatic carbocycles. The van der Waals surface area contributed by atoms with Crippen LogP contribution in [-0.2, 0) is 6.51 Å². The Kier molecular flexibility index (Phi) is 0.126. The summed E-state index contributed by atoms with van der Waals surface area (Å²) in [4.78, 5) is 8.65. The van der Waals surface area contributed by atoms with Crippen LogP contribution in [0.3, 0.4) is 0 Å². The third-order valence-electron chi connectivity index (χ3n) is 18.1. The average molecular weight is 242 g/mol. The molecule has 10 aliphatic rings. The molecule has 0 nitrogen and oxygen atoms in total. The number of rotatable bonds is 0. The first-order chi connectivity index (χ1) is 6.71. The Hall–Kier alpha value is 0.519. The summed E-state index contributed by atoms with van der Waals surface area (Å²) in [5, 5.41) is 0. The monoisotopic (exact) mass is 242 g/mol. The van der Waals surface area contributed by atoms with Gasteiger partial charge in [0.1, 0.15) is 0 Å². The van der Waals surface area contributed by atoms with Crippen LogP contribution in [0, 0.1) is 0 Å². The van der Waals surface area contributed by atoms with Gasteiger partial charge in [-0.2, -0.15) is 0 Å². The standard InChI is InChI=1S/2C7H9.Fe/c1-6-3-4-7(2)5-6;1-6-4-3-5-7(6)2;/h2*3-5H,1-2H3;. The van der Waals surface area contributed by atoms with Crippen molar-refractivity contribution in [1.82, 2.24) is 0 Å². The van der Waals surface area contributed by atoms with E-state index >= 15 is 0 Å². The molecule has 82 valence electrons. The summed E-state index contributed by atoms with van der Waals surface area (Å²) in [7, 11) is 0. The molecule has 0 aromatic heterocycles. The molecule has 8 atom stereocenters. The van der Waals surface area contributed by atoms with Crippen molar-refractivity contribution in [2.75, 3.05) is 0 Å². The molecule has 0 aromatic rings. The van der Waals surface area contributed by atoms with Crippen LogP contribution in [0.1, 0.15) is 27.7 Å². The first-order valence-corrected chi connectivity index (χ1v) is 12.9. The predicted octanol–water partition coefficient (Wildman–Crippen LogP) is 4.94. The van der Waals surface area contributed by atoms with Gasteiger partial charge in [-0.25, -0.2) is 0 Å². The SMILES string of the molecule is C[C]12[CH]3[CH]4[C]5(C)[CH]1[Fe]34251678[CH]2[CH]1[C]6(C)[C]7(C)[CH]28. The molecule has 1 spiro atoms. The van der Waals surface area contributed by atoms with Gasteiger partial charge in [-0.15, -0.1) is 0 Å². The van der Waals surface area contributed by atoms with Crippen LogP contribution >= 0.6 is 0 Å². The van der Waals surface area contributed by atoms with Gasteiger partial charge in [0.25, 0.3) is 0 Å².